The predicted octanol–water partition coefficient (Wildman–Crippen LogP) is 1.99. The van der Waals surface area contributed by atoms with E-state index in [0.717, 1.165) is 29.3 Å². The minimum atomic E-state index is -4.11. The van der Waals surface area contributed by atoms with Crippen LogP contribution < -0.4 is 5.73 Å². The van der Waals surface area contributed by atoms with Crippen molar-refractivity contribution in [1.29, 1.82) is 0 Å². The molecule has 0 heterocycles. The van der Waals surface area contributed by atoms with Gasteiger partial charge in [0.25, 0.3) is 0 Å². The minimum absolute atomic E-state index is 0.0672. The summed E-state index contributed by atoms with van der Waals surface area (Å²) in [6, 6.07) is 1.64. The van der Waals surface area contributed by atoms with Gasteiger partial charge in [0.05, 0.1) is 17.2 Å². The molecule has 2 rings (SSSR count). The van der Waals surface area contributed by atoms with Crippen LogP contribution in [-0.2, 0) is 10.0 Å². The maximum absolute atomic E-state index is 14.0. The fourth-order valence-electron chi connectivity index (χ4n) is 2.62. The number of nitrogen functional groups attached to an aromatic ring is 1. The summed E-state index contributed by atoms with van der Waals surface area (Å²) in [7, 11) is -2.77. The molecule has 1 aliphatic carbocycles. The molecule has 1 aromatic carbocycles. The molecular formula is C13H18ClFN2O3S. The molecule has 0 saturated heterocycles. The number of nitrogens with two attached hydrogens (primary N) is 1. The second-order valence-corrected chi connectivity index (χ2v) is 7.63. The fourth-order valence-corrected chi connectivity index (χ4v) is 4.44. The Bertz CT molecular complexity index is 639. The predicted molar refractivity (Wildman–Crippen MR) is 79.0 cm³/mol. The Morgan fingerprint density at radius 3 is 2.62 bits per heavy atom. The average Bonchev–Trinajstić information content (AvgIpc) is 2.42. The Labute approximate surface area is 128 Å². The molecule has 0 amide bonds. The van der Waals surface area contributed by atoms with Crippen molar-refractivity contribution < 1.29 is 17.9 Å². The monoisotopic (exact) mass is 336 g/mol. The molecule has 8 heteroatoms. The topological polar surface area (TPSA) is 83.6 Å². The van der Waals surface area contributed by atoms with Gasteiger partial charge in [-0.05, 0) is 25.0 Å². The Balaban J connectivity index is 2.42. The van der Waals surface area contributed by atoms with Gasteiger partial charge in [0, 0.05) is 12.7 Å². The lowest BCUT2D eigenvalue weighted by molar-refractivity contribution is 0.0637. The van der Waals surface area contributed by atoms with Crippen molar-refractivity contribution >= 4 is 27.3 Å². The molecule has 5 nitrogen and oxygen atoms in total. The van der Waals surface area contributed by atoms with Gasteiger partial charge in [0.1, 0.15) is 4.90 Å². The first-order valence-corrected chi connectivity index (χ1v) is 8.47. The van der Waals surface area contributed by atoms with Gasteiger partial charge >= 0.3 is 0 Å². The molecule has 0 aliphatic heterocycles. The molecule has 1 aliphatic rings. The largest absolute Gasteiger partial charge is 0.399 e. The number of benzene rings is 1. The first-order chi connectivity index (χ1) is 9.75. The highest BCUT2D eigenvalue weighted by molar-refractivity contribution is 7.89. The number of likely N-dealkylation sites (N-methyl/N-ethyl adjacent to an activating group) is 1. The quantitative estimate of drug-likeness (QED) is 0.827. The number of rotatable bonds is 3. The Morgan fingerprint density at radius 1 is 1.38 bits per heavy atom. The second kappa shape index (κ2) is 6.08. The summed E-state index contributed by atoms with van der Waals surface area (Å²) in [5.41, 5.74) is 5.61. The van der Waals surface area contributed by atoms with Crippen molar-refractivity contribution in [1.82, 2.24) is 4.31 Å². The zero-order valence-corrected chi connectivity index (χ0v) is 13.2. The Kier molecular flexibility index (Phi) is 4.77. The van der Waals surface area contributed by atoms with Crippen LogP contribution in [0.4, 0.5) is 10.1 Å². The normalized spacial score (nSPS) is 23.5. The number of hydrogen-bond donors (Lipinski definition) is 2. The molecule has 1 aromatic rings. The lowest BCUT2D eigenvalue weighted by Gasteiger charge is -2.34. The van der Waals surface area contributed by atoms with Crippen LogP contribution in [0.2, 0.25) is 5.02 Å². The van der Waals surface area contributed by atoms with E-state index in [1.54, 1.807) is 0 Å². The van der Waals surface area contributed by atoms with E-state index in [9.17, 15) is 17.9 Å². The third-order valence-corrected chi connectivity index (χ3v) is 5.99. The van der Waals surface area contributed by atoms with Gasteiger partial charge in [-0.2, -0.15) is 4.31 Å². The summed E-state index contributed by atoms with van der Waals surface area (Å²) >= 11 is 5.66. The number of nitrogens with zero attached hydrogens (tertiary/aromatic N) is 1. The fraction of sp³-hybridized carbons (Fsp3) is 0.538. The molecule has 1 saturated carbocycles. The highest BCUT2D eigenvalue weighted by atomic mass is 35.5. The summed E-state index contributed by atoms with van der Waals surface area (Å²) in [6.07, 6.45) is 1.99. The molecule has 0 aromatic heterocycles. The molecule has 21 heavy (non-hydrogen) atoms. The molecule has 2 unspecified atom stereocenters. The summed E-state index contributed by atoms with van der Waals surface area (Å²) in [6.45, 7) is 0. The van der Waals surface area contributed by atoms with Crippen molar-refractivity contribution in [2.45, 2.75) is 42.7 Å². The number of sulfonamides is 1. The van der Waals surface area contributed by atoms with E-state index in [2.05, 4.69) is 0 Å². The zero-order chi connectivity index (χ0) is 15.8. The maximum atomic E-state index is 14.0. The van der Waals surface area contributed by atoms with Crippen molar-refractivity contribution in [3.05, 3.63) is 23.0 Å². The number of halogens is 2. The van der Waals surface area contributed by atoms with Gasteiger partial charge < -0.3 is 10.8 Å². The van der Waals surface area contributed by atoms with Crippen LogP contribution in [0, 0.1) is 5.82 Å². The van der Waals surface area contributed by atoms with Gasteiger partial charge in [-0.1, -0.05) is 24.4 Å². The van der Waals surface area contributed by atoms with Crippen LogP contribution in [0.5, 0.6) is 0 Å². The van der Waals surface area contributed by atoms with E-state index in [-0.39, 0.29) is 10.7 Å². The molecule has 1 fully saturated rings. The van der Waals surface area contributed by atoms with E-state index in [1.165, 1.54) is 7.05 Å². The number of anilines is 1. The van der Waals surface area contributed by atoms with Crippen LogP contribution in [-0.4, -0.2) is 37.0 Å². The Hall–Kier alpha value is -0.890. The highest BCUT2D eigenvalue weighted by Crippen LogP contribution is 2.31. The maximum Gasteiger partial charge on any atom is 0.246 e. The van der Waals surface area contributed by atoms with E-state index < -0.39 is 32.9 Å². The van der Waals surface area contributed by atoms with Gasteiger partial charge in [-0.15, -0.1) is 0 Å². The molecule has 2 atom stereocenters. The first-order valence-electron chi connectivity index (χ1n) is 6.65. The molecule has 0 spiro atoms. The lowest BCUT2D eigenvalue weighted by atomic mass is 9.93. The second-order valence-electron chi connectivity index (χ2n) is 5.26. The van der Waals surface area contributed by atoms with Crippen LogP contribution >= 0.6 is 11.6 Å². The van der Waals surface area contributed by atoms with Crippen LogP contribution in [0.15, 0.2) is 17.0 Å². The molecule has 118 valence electrons. The number of aliphatic hydroxyl groups excluding tert-OH is 1. The molecular weight excluding hydrogens is 319 g/mol. The van der Waals surface area contributed by atoms with Gasteiger partial charge in [0.15, 0.2) is 5.82 Å². The SMILES string of the molecule is CN(C1CCCCC1O)S(=O)(=O)c1cc(N)cc(Cl)c1F. The van der Waals surface area contributed by atoms with Crippen molar-refractivity contribution in [3.63, 3.8) is 0 Å². The molecule has 0 radical (unpaired) electrons. The number of aliphatic hydroxyl groups is 1. The zero-order valence-electron chi connectivity index (χ0n) is 11.6. The van der Waals surface area contributed by atoms with E-state index in [1.807, 2.05) is 0 Å². The van der Waals surface area contributed by atoms with Gasteiger partial charge in [-0.25, -0.2) is 12.8 Å². The van der Waals surface area contributed by atoms with Gasteiger partial charge in [-0.3, -0.25) is 0 Å². The van der Waals surface area contributed by atoms with Crippen molar-refractivity contribution in [2.24, 2.45) is 0 Å². The standard InChI is InChI=1S/C13H18ClFN2O3S/c1-17(10-4-2-3-5-11(10)18)21(19,20)12-7-8(16)6-9(14)13(12)15/h6-7,10-11,18H,2-5,16H2,1H3. The van der Waals surface area contributed by atoms with Crippen LogP contribution in [0.3, 0.4) is 0 Å². The third-order valence-electron chi connectivity index (χ3n) is 3.84. The summed E-state index contributed by atoms with van der Waals surface area (Å²) in [5, 5.41) is 9.64. The molecule has 3 N–H and O–H groups in total. The summed E-state index contributed by atoms with van der Waals surface area (Å²) in [5.74, 6) is -1.02. The van der Waals surface area contributed by atoms with Crippen molar-refractivity contribution in [2.75, 3.05) is 12.8 Å². The van der Waals surface area contributed by atoms with Crippen LogP contribution in [0.25, 0.3) is 0 Å². The first kappa shape index (κ1) is 16.5. The summed E-state index contributed by atoms with van der Waals surface area (Å²) in [4.78, 5) is -0.562. The number of hydrogen-bond acceptors (Lipinski definition) is 4. The van der Waals surface area contributed by atoms with Crippen molar-refractivity contribution in [3.8, 4) is 0 Å². The van der Waals surface area contributed by atoms with E-state index in [4.69, 9.17) is 17.3 Å². The smallest absolute Gasteiger partial charge is 0.246 e. The van der Waals surface area contributed by atoms with E-state index in [0.29, 0.717) is 12.8 Å². The highest BCUT2D eigenvalue weighted by Gasteiger charge is 2.36. The average molecular weight is 337 g/mol. The van der Waals surface area contributed by atoms with Gasteiger partial charge in [0.2, 0.25) is 10.0 Å². The lowest BCUT2D eigenvalue weighted by Crippen LogP contribution is -2.46. The van der Waals surface area contributed by atoms with Crippen LogP contribution in [0.1, 0.15) is 25.7 Å². The molecule has 0 bridgehead atoms. The summed E-state index contributed by atoms with van der Waals surface area (Å²) < 4.78 is 40.2. The minimum Gasteiger partial charge on any atom is -0.399 e. The Morgan fingerprint density at radius 2 is 2.00 bits per heavy atom. The third kappa shape index (κ3) is 3.15. The van der Waals surface area contributed by atoms with E-state index >= 15 is 0 Å².